The maximum absolute atomic E-state index is 13.2. The molecule has 1 aromatic carbocycles. The van der Waals surface area contributed by atoms with Crippen molar-refractivity contribution in [3.63, 3.8) is 0 Å². The van der Waals surface area contributed by atoms with Gasteiger partial charge >= 0.3 is 6.03 Å². The molecular formula is C21H23ClN6O2. The molecule has 2 aromatic heterocycles. The van der Waals surface area contributed by atoms with Crippen molar-refractivity contribution in [3.8, 4) is 0 Å². The average molecular weight is 427 g/mol. The van der Waals surface area contributed by atoms with Crippen molar-refractivity contribution < 1.29 is 9.59 Å². The Hall–Kier alpha value is -3.13. The molecule has 156 valence electrons. The Morgan fingerprint density at radius 3 is 2.50 bits per heavy atom. The minimum atomic E-state index is -0.185. The molecule has 0 aliphatic carbocycles. The molecular weight excluding hydrogens is 404 g/mol. The van der Waals surface area contributed by atoms with Gasteiger partial charge in [0.2, 0.25) is 0 Å². The number of carbonyl (C=O) groups excluding carboxylic acids is 2. The van der Waals surface area contributed by atoms with Crippen LogP contribution in [0.15, 0.2) is 36.5 Å². The quantitative estimate of drug-likeness (QED) is 0.681. The number of amides is 3. The highest BCUT2D eigenvalue weighted by molar-refractivity contribution is 6.30. The van der Waals surface area contributed by atoms with Gasteiger partial charge in [0.1, 0.15) is 5.56 Å². The van der Waals surface area contributed by atoms with Crippen LogP contribution in [0.25, 0.3) is 5.65 Å². The molecule has 0 spiro atoms. The number of carbonyl (C=O) groups is 2. The summed E-state index contributed by atoms with van der Waals surface area (Å²) in [6.45, 7) is 5.90. The smallest absolute Gasteiger partial charge is 0.321 e. The van der Waals surface area contributed by atoms with E-state index in [0.717, 1.165) is 11.4 Å². The molecule has 8 nitrogen and oxygen atoms in total. The van der Waals surface area contributed by atoms with Crippen LogP contribution in [0.1, 0.15) is 28.2 Å². The largest absolute Gasteiger partial charge is 0.337 e. The minimum Gasteiger partial charge on any atom is -0.337 e. The van der Waals surface area contributed by atoms with Gasteiger partial charge in [0.25, 0.3) is 5.91 Å². The van der Waals surface area contributed by atoms with Crippen molar-refractivity contribution in [1.29, 1.82) is 0 Å². The van der Waals surface area contributed by atoms with Crippen LogP contribution >= 0.6 is 11.6 Å². The molecule has 1 fully saturated rings. The summed E-state index contributed by atoms with van der Waals surface area (Å²) >= 11 is 5.89. The first kappa shape index (κ1) is 20.2. The van der Waals surface area contributed by atoms with E-state index in [2.05, 4.69) is 15.4 Å². The second-order valence-electron chi connectivity index (χ2n) is 7.40. The van der Waals surface area contributed by atoms with Crippen molar-refractivity contribution in [2.24, 2.45) is 0 Å². The third-order valence-corrected chi connectivity index (χ3v) is 5.43. The number of halogens is 1. The van der Waals surface area contributed by atoms with Crippen LogP contribution < -0.4 is 5.32 Å². The number of benzene rings is 1. The van der Waals surface area contributed by atoms with E-state index in [9.17, 15) is 9.59 Å². The van der Waals surface area contributed by atoms with E-state index in [0.29, 0.717) is 54.5 Å². The summed E-state index contributed by atoms with van der Waals surface area (Å²) in [4.78, 5) is 33.8. The number of fused-ring (bicyclic) bond motifs is 1. The summed E-state index contributed by atoms with van der Waals surface area (Å²) in [5.74, 6) is -0.109. The molecule has 3 amide bonds. The van der Waals surface area contributed by atoms with E-state index >= 15 is 0 Å². The fourth-order valence-electron chi connectivity index (χ4n) is 3.65. The van der Waals surface area contributed by atoms with Gasteiger partial charge in [-0.15, -0.1) is 0 Å². The third kappa shape index (κ3) is 4.09. The van der Waals surface area contributed by atoms with Gasteiger partial charge in [0.15, 0.2) is 5.65 Å². The Labute approximate surface area is 179 Å². The Bertz CT molecular complexity index is 1090. The number of nitrogens with zero attached hydrogens (tertiary/aromatic N) is 5. The van der Waals surface area contributed by atoms with Gasteiger partial charge in [-0.05, 0) is 50.6 Å². The Kier molecular flexibility index (Phi) is 5.59. The molecule has 0 atom stereocenters. The van der Waals surface area contributed by atoms with E-state index in [1.807, 2.05) is 19.9 Å². The summed E-state index contributed by atoms with van der Waals surface area (Å²) in [7, 11) is 0. The number of aryl methyl sites for hydroxylation is 2. The van der Waals surface area contributed by atoms with Gasteiger partial charge in [-0.1, -0.05) is 11.6 Å². The van der Waals surface area contributed by atoms with Crippen molar-refractivity contribution in [1.82, 2.24) is 24.4 Å². The highest BCUT2D eigenvalue weighted by atomic mass is 35.5. The molecule has 3 aromatic rings. The molecule has 4 rings (SSSR count). The highest BCUT2D eigenvalue weighted by Crippen LogP contribution is 2.17. The lowest BCUT2D eigenvalue weighted by Crippen LogP contribution is -2.39. The normalized spacial score (nSPS) is 14.6. The summed E-state index contributed by atoms with van der Waals surface area (Å²) in [6, 6.07) is 8.72. The van der Waals surface area contributed by atoms with Crippen LogP contribution in [0.4, 0.5) is 10.5 Å². The summed E-state index contributed by atoms with van der Waals surface area (Å²) in [5.41, 5.74) is 3.51. The van der Waals surface area contributed by atoms with Crippen LogP contribution in [0.5, 0.6) is 0 Å². The van der Waals surface area contributed by atoms with E-state index in [4.69, 9.17) is 11.6 Å². The number of rotatable bonds is 2. The van der Waals surface area contributed by atoms with Gasteiger partial charge in [-0.2, -0.15) is 5.10 Å². The summed E-state index contributed by atoms with van der Waals surface area (Å²) < 4.78 is 1.68. The second-order valence-corrected chi connectivity index (χ2v) is 7.84. The first-order chi connectivity index (χ1) is 14.4. The molecule has 0 bridgehead atoms. The zero-order chi connectivity index (χ0) is 21.3. The number of aromatic nitrogens is 3. The van der Waals surface area contributed by atoms with Crippen molar-refractivity contribution in [2.75, 3.05) is 31.5 Å². The molecule has 30 heavy (non-hydrogen) atoms. The van der Waals surface area contributed by atoms with E-state index in [1.165, 1.54) is 0 Å². The SMILES string of the molecule is Cc1cc(C)n2ncc(C(=O)N3CCCN(C(=O)Nc4ccc(Cl)cc4)CC3)c2n1. The first-order valence-electron chi connectivity index (χ1n) is 9.85. The zero-order valence-corrected chi connectivity index (χ0v) is 17.7. The van der Waals surface area contributed by atoms with E-state index in [1.54, 1.807) is 44.8 Å². The average Bonchev–Trinajstić information content (AvgIpc) is 2.98. The van der Waals surface area contributed by atoms with Crippen LogP contribution in [0, 0.1) is 13.8 Å². The lowest BCUT2D eigenvalue weighted by atomic mass is 10.2. The van der Waals surface area contributed by atoms with Crippen LogP contribution in [0.3, 0.4) is 0 Å². The number of anilines is 1. The predicted octanol–water partition coefficient (Wildman–Crippen LogP) is 3.38. The molecule has 0 saturated carbocycles. The van der Waals surface area contributed by atoms with Crippen molar-refractivity contribution in [2.45, 2.75) is 20.3 Å². The van der Waals surface area contributed by atoms with E-state index in [-0.39, 0.29) is 11.9 Å². The van der Waals surface area contributed by atoms with Crippen molar-refractivity contribution >= 4 is 34.9 Å². The predicted molar refractivity (Wildman–Crippen MR) is 115 cm³/mol. The van der Waals surface area contributed by atoms with Gasteiger partial charge in [0, 0.05) is 48.3 Å². The fourth-order valence-corrected chi connectivity index (χ4v) is 3.78. The molecule has 1 aliphatic heterocycles. The van der Waals surface area contributed by atoms with Crippen LogP contribution in [-0.2, 0) is 0 Å². The Balaban J connectivity index is 1.44. The topological polar surface area (TPSA) is 82.8 Å². The Morgan fingerprint density at radius 1 is 1.03 bits per heavy atom. The number of hydrogen-bond acceptors (Lipinski definition) is 4. The van der Waals surface area contributed by atoms with Crippen LogP contribution in [-0.4, -0.2) is 62.5 Å². The summed E-state index contributed by atoms with van der Waals surface area (Å²) in [5, 5.41) is 7.81. The van der Waals surface area contributed by atoms with Gasteiger partial charge < -0.3 is 15.1 Å². The molecule has 1 saturated heterocycles. The molecule has 9 heteroatoms. The molecule has 3 heterocycles. The van der Waals surface area contributed by atoms with Gasteiger partial charge in [-0.25, -0.2) is 14.3 Å². The highest BCUT2D eigenvalue weighted by Gasteiger charge is 2.25. The monoisotopic (exact) mass is 426 g/mol. The number of urea groups is 1. The zero-order valence-electron chi connectivity index (χ0n) is 16.9. The maximum atomic E-state index is 13.2. The lowest BCUT2D eigenvalue weighted by Gasteiger charge is -2.22. The lowest BCUT2D eigenvalue weighted by molar-refractivity contribution is 0.0764. The van der Waals surface area contributed by atoms with E-state index < -0.39 is 0 Å². The third-order valence-electron chi connectivity index (χ3n) is 5.17. The minimum absolute atomic E-state index is 0.109. The molecule has 0 radical (unpaired) electrons. The molecule has 0 unspecified atom stereocenters. The molecule has 1 N–H and O–H groups in total. The Morgan fingerprint density at radius 2 is 1.73 bits per heavy atom. The molecule has 1 aliphatic rings. The standard InChI is InChI=1S/C21H23ClN6O2/c1-14-12-15(2)28-19(24-14)18(13-23-28)20(29)26-8-3-9-27(11-10-26)21(30)25-17-6-4-16(22)5-7-17/h4-7,12-13H,3,8-11H2,1-2H3,(H,25,30). The van der Waals surface area contributed by atoms with Gasteiger partial charge in [0.05, 0.1) is 6.20 Å². The van der Waals surface area contributed by atoms with Crippen molar-refractivity contribution in [3.05, 3.63) is 58.5 Å². The van der Waals surface area contributed by atoms with Gasteiger partial charge in [-0.3, -0.25) is 4.79 Å². The first-order valence-corrected chi connectivity index (χ1v) is 10.2. The number of hydrogen-bond donors (Lipinski definition) is 1. The second kappa shape index (κ2) is 8.31. The van der Waals surface area contributed by atoms with Crippen LogP contribution in [0.2, 0.25) is 5.02 Å². The maximum Gasteiger partial charge on any atom is 0.321 e. The fraction of sp³-hybridized carbons (Fsp3) is 0.333. The number of nitrogens with one attached hydrogen (secondary N) is 1. The summed E-state index contributed by atoms with van der Waals surface area (Å²) in [6.07, 6.45) is 2.28.